The molecule has 2 bridgehead atoms. The zero-order valence-electron chi connectivity index (χ0n) is 10.9. The molecule has 0 aliphatic carbocycles. The molecule has 2 aliphatic rings. The van der Waals surface area contributed by atoms with Gasteiger partial charge in [0.2, 0.25) is 10.0 Å². The van der Waals surface area contributed by atoms with Gasteiger partial charge in [-0.25, -0.2) is 8.42 Å². The average Bonchev–Trinajstić information content (AvgIpc) is 2.38. The van der Waals surface area contributed by atoms with Crippen LogP contribution in [-0.4, -0.2) is 24.8 Å². The zero-order valence-corrected chi connectivity index (χ0v) is 11.7. The molecule has 0 N–H and O–H groups in total. The van der Waals surface area contributed by atoms with Gasteiger partial charge in [-0.3, -0.25) is 0 Å². The second-order valence-electron chi connectivity index (χ2n) is 5.11. The summed E-state index contributed by atoms with van der Waals surface area (Å²) < 4.78 is 27.2. The highest BCUT2D eigenvalue weighted by atomic mass is 32.2. The van der Waals surface area contributed by atoms with Crippen molar-refractivity contribution in [2.45, 2.75) is 36.7 Å². The van der Waals surface area contributed by atoms with Crippen LogP contribution < -0.4 is 0 Å². The van der Waals surface area contributed by atoms with Crippen LogP contribution >= 0.6 is 0 Å². The number of hydrogen-bond donors (Lipinski definition) is 0. The van der Waals surface area contributed by atoms with Crippen molar-refractivity contribution in [2.24, 2.45) is 0 Å². The van der Waals surface area contributed by atoms with Crippen LogP contribution in [0.1, 0.15) is 18.4 Å². The summed E-state index contributed by atoms with van der Waals surface area (Å²) in [5.41, 5.74) is 1.07. The van der Waals surface area contributed by atoms with E-state index in [1.54, 1.807) is 16.4 Å². The molecule has 19 heavy (non-hydrogen) atoms. The summed E-state index contributed by atoms with van der Waals surface area (Å²) in [5, 5.41) is 0. The highest BCUT2D eigenvalue weighted by Crippen LogP contribution is 2.31. The number of aryl methyl sites for hydroxylation is 1. The smallest absolute Gasteiger partial charge is 0.207 e. The Hall–Kier alpha value is -1.39. The second kappa shape index (κ2) is 4.62. The molecule has 2 heterocycles. The van der Waals surface area contributed by atoms with Crippen LogP contribution in [0.2, 0.25) is 0 Å². The van der Waals surface area contributed by atoms with Gasteiger partial charge in [0.1, 0.15) is 0 Å². The highest BCUT2D eigenvalue weighted by molar-refractivity contribution is 7.89. The molecule has 3 nitrogen and oxygen atoms in total. The number of nitrogens with zero attached hydrogens (tertiary/aromatic N) is 1. The average molecular weight is 275 g/mol. The molecule has 100 valence electrons. The molecule has 0 amide bonds. The maximum atomic E-state index is 12.8. The first-order valence-electron chi connectivity index (χ1n) is 6.52. The molecule has 1 aromatic carbocycles. The van der Waals surface area contributed by atoms with E-state index in [1.165, 1.54) is 0 Å². The molecule has 1 aromatic rings. The molecule has 0 spiro atoms. The number of rotatable bonds is 2. The normalized spacial score (nSPS) is 26.6. The lowest BCUT2D eigenvalue weighted by atomic mass is 9.98. The summed E-state index contributed by atoms with van der Waals surface area (Å²) in [5.74, 6) is 0. The first-order valence-corrected chi connectivity index (χ1v) is 7.96. The van der Waals surface area contributed by atoms with Crippen LogP contribution in [0.15, 0.2) is 53.5 Å². The molecule has 0 unspecified atom stereocenters. The molecule has 0 radical (unpaired) electrons. The first-order chi connectivity index (χ1) is 9.09. The molecule has 0 saturated heterocycles. The molecule has 2 aliphatic heterocycles. The van der Waals surface area contributed by atoms with Crippen molar-refractivity contribution in [2.75, 3.05) is 0 Å². The fourth-order valence-corrected chi connectivity index (χ4v) is 4.47. The molecule has 2 atom stereocenters. The van der Waals surface area contributed by atoms with Gasteiger partial charge in [-0.15, -0.1) is 0 Å². The fourth-order valence-electron chi connectivity index (χ4n) is 2.72. The van der Waals surface area contributed by atoms with Gasteiger partial charge in [0.05, 0.1) is 4.90 Å². The van der Waals surface area contributed by atoms with E-state index in [4.69, 9.17) is 0 Å². The van der Waals surface area contributed by atoms with E-state index >= 15 is 0 Å². The van der Waals surface area contributed by atoms with Gasteiger partial charge in [-0.1, -0.05) is 42.0 Å². The third kappa shape index (κ3) is 2.15. The van der Waals surface area contributed by atoms with Gasteiger partial charge in [0.15, 0.2) is 0 Å². The monoisotopic (exact) mass is 275 g/mol. The van der Waals surface area contributed by atoms with E-state index in [9.17, 15) is 8.42 Å². The van der Waals surface area contributed by atoms with Crippen LogP contribution in [0.25, 0.3) is 0 Å². The van der Waals surface area contributed by atoms with Crippen molar-refractivity contribution in [3.63, 3.8) is 0 Å². The second-order valence-corrected chi connectivity index (χ2v) is 6.95. The molecular weight excluding hydrogens is 258 g/mol. The van der Waals surface area contributed by atoms with E-state index in [0.717, 1.165) is 18.4 Å². The highest BCUT2D eigenvalue weighted by Gasteiger charge is 2.37. The van der Waals surface area contributed by atoms with Crippen LogP contribution in [-0.2, 0) is 10.0 Å². The molecule has 3 rings (SSSR count). The van der Waals surface area contributed by atoms with Crippen molar-refractivity contribution in [3.05, 3.63) is 54.1 Å². The lowest BCUT2D eigenvalue weighted by Crippen LogP contribution is -2.48. The maximum Gasteiger partial charge on any atom is 0.244 e. The Kier molecular flexibility index (Phi) is 3.07. The van der Waals surface area contributed by atoms with Crippen LogP contribution in [0, 0.1) is 6.92 Å². The molecule has 0 aromatic heterocycles. The van der Waals surface area contributed by atoms with Gasteiger partial charge in [0, 0.05) is 12.1 Å². The van der Waals surface area contributed by atoms with Crippen LogP contribution in [0.3, 0.4) is 0 Å². The number of sulfonamides is 1. The summed E-state index contributed by atoms with van der Waals surface area (Å²) in [4.78, 5) is 0.388. The largest absolute Gasteiger partial charge is 0.244 e. The van der Waals surface area contributed by atoms with Crippen molar-refractivity contribution in [3.8, 4) is 0 Å². The third-order valence-corrected chi connectivity index (χ3v) is 5.69. The summed E-state index contributed by atoms with van der Waals surface area (Å²) in [7, 11) is -3.41. The Morgan fingerprint density at radius 1 is 1.00 bits per heavy atom. The zero-order chi connectivity index (χ0) is 13.5. The summed E-state index contributed by atoms with van der Waals surface area (Å²) in [6, 6.07) is 7.02. The number of fused-ring (bicyclic) bond motifs is 2. The number of benzene rings is 1. The van der Waals surface area contributed by atoms with E-state index in [0.29, 0.717) is 4.90 Å². The number of hydrogen-bond acceptors (Lipinski definition) is 2. The lowest BCUT2D eigenvalue weighted by Gasteiger charge is -2.39. The predicted molar refractivity (Wildman–Crippen MR) is 75.3 cm³/mol. The van der Waals surface area contributed by atoms with Gasteiger partial charge >= 0.3 is 0 Å². The van der Waals surface area contributed by atoms with E-state index < -0.39 is 10.0 Å². The van der Waals surface area contributed by atoms with Crippen molar-refractivity contribution >= 4 is 10.0 Å². The summed E-state index contributed by atoms with van der Waals surface area (Å²) in [6.45, 7) is 1.96. The van der Waals surface area contributed by atoms with Crippen molar-refractivity contribution in [1.82, 2.24) is 4.31 Å². The lowest BCUT2D eigenvalue weighted by molar-refractivity contribution is 0.291. The topological polar surface area (TPSA) is 37.4 Å². The van der Waals surface area contributed by atoms with Crippen LogP contribution in [0.4, 0.5) is 0 Å². The first kappa shape index (κ1) is 12.6. The molecule has 0 fully saturated rings. The predicted octanol–water partition coefficient (Wildman–Crippen LogP) is 2.64. The maximum absolute atomic E-state index is 12.8. The van der Waals surface area contributed by atoms with Gasteiger partial charge in [-0.2, -0.15) is 4.31 Å². The Morgan fingerprint density at radius 3 is 2.05 bits per heavy atom. The Balaban J connectivity index is 2.03. The van der Waals surface area contributed by atoms with E-state index in [2.05, 4.69) is 12.2 Å². The van der Waals surface area contributed by atoms with Crippen LogP contribution in [0.5, 0.6) is 0 Å². The van der Waals surface area contributed by atoms with E-state index in [-0.39, 0.29) is 12.1 Å². The quantitative estimate of drug-likeness (QED) is 0.778. The summed E-state index contributed by atoms with van der Waals surface area (Å²) >= 11 is 0. The molecule has 0 saturated carbocycles. The standard InChI is InChI=1S/C15H17NO2S/c1-12-8-10-15(11-9-12)19(17,18)16-13-4-2-5-14(16)7-3-6-13/h2-4,7-11,13-14H,5-6H2,1H3/t13-,14+/m0/s1. The minimum atomic E-state index is -3.41. The third-order valence-electron chi connectivity index (χ3n) is 3.72. The van der Waals surface area contributed by atoms with Crippen molar-refractivity contribution in [1.29, 1.82) is 0 Å². The minimum Gasteiger partial charge on any atom is -0.207 e. The van der Waals surface area contributed by atoms with Gasteiger partial charge in [-0.05, 0) is 31.9 Å². The SMILES string of the molecule is Cc1ccc(S(=O)(=O)N2[C@H]3C=CC[C@@H]2C=CC3)cc1. The van der Waals surface area contributed by atoms with Crippen molar-refractivity contribution < 1.29 is 8.42 Å². The molecular formula is C15H17NO2S. The van der Waals surface area contributed by atoms with Gasteiger partial charge in [0.25, 0.3) is 0 Å². The van der Waals surface area contributed by atoms with Gasteiger partial charge < -0.3 is 0 Å². The summed E-state index contributed by atoms with van der Waals surface area (Å²) in [6.07, 6.45) is 9.70. The Morgan fingerprint density at radius 2 is 1.53 bits per heavy atom. The van der Waals surface area contributed by atoms with E-state index in [1.807, 2.05) is 31.2 Å². The Bertz CT molecular complexity index is 609. The Labute approximate surface area is 114 Å². The molecule has 4 heteroatoms. The minimum absolute atomic E-state index is 0.0324. The fraction of sp³-hybridized carbons (Fsp3) is 0.333.